The van der Waals surface area contributed by atoms with Gasteiger partial charge >= 0.3 is 0 Å². The van der Waals surface area contributed by atoms with E-state index < -0.39 is 0 Å². The quantitative estimate of drug-likeness (QED) is 0.258. The van der Waals surface area contributed by atoms with Crippen LogP contribution in [-0.4, -0.2) is 36.3 Å². The molecule has 1 N–H and O–H groups in total. The predicted molar refractivity (Wildman–Crippen MR) is 149 cm³/mol. The lowest BCUT2D eigenvalue weighted by atomic mass is 10.1. The molecule has 2 amide bonds. The van der Waals surface area contributed by atoms with Gasteiger partial charge in [0.1, 0.15) is 0 Å². The topological polar surface area (TPSA) is 49.4 Å². The largest absolute Gasteiger partial charge is 0.352 e. The molecule has 2 aliphatic carbocycles. The maximum atomic E-state index is 13.1. The van der Waals surface area contributed by atoms with Crippen LogP contribution in [0, 0.1) is 11.8 Å². The zero-order valence-corrected chi connectivity index (χ0v) is 21.4. The number of rotatable bonds is 14. The fourth-order valence-electron chi connectivity index (χ4n) is 4.95. The first-order valence-electron chi connectivity index (χ1n) is 13.7. The van der Waals surface area contributed by atoms with E-state index >= 15 is 0 Å². The Hall–Kier alpha value is -3.14. The highest BCUT2D eigenvalue weighted by Crippen LogP contribution is 2.43. The van der Waals surface area contributed by atoms with Gasteiger partial charge in [0.15, 0.2) is 0 Å². The Morgan fingerprint density at radius 2 is 1.56 bits per heavy atom. The van der Waals surface area contributed by atoms with E-state index in [1.807, 2.05) is 41.3 Å². The summed E-state index contributed by atoms with van der Waals surface area (Å²) in [5.74, 6) is 1.73. The summed E-state index contributed by atoms with van der Waals surface area (Å²) < 4.78 is 0. The molecule has 4 heteroatoms. The SMILES string of the molecule is O=C(CCCCN(CCCCc1ccccc1)C(=O)Cc1ccccc1)NCC1=CC2CC2C=CC1.[HH]. The van der Waals surface area contributed by atoms with E-state index in [0.29, 0.717) is 31.8 Å². The van der Waals surface area contributed by atoms with Crippen molar-refractivity contribution in [2.45, 2.75) is 57.8 Å². The molecule has 4 rings (SSSR count). The summed E-state index contributed by atoms with van der Waals surface area (Å²) in [6.45, 7) is 2.15. The van der Waals surface area contributed by atoms with Crippen LogP contribution in [0.4, 0.5) is 0 Å². The van der Waals surface area contributed by atoms with E-state index in [9.17, 15) is 9.59 Å². The molecule has 2 aliphatic rings. The standard InChI is InChI=1S/C32H40N2O2.H2/c35-31(33-25-28-17-11-18-29-24-30(29)22-28)19-8-10-21-34(32(36)23-27-15-5-2-6-16-27)20-9-7-14-26-12-3-1-4-13-26;/h1-6,11-13,15-16,18,22,29-30H,7-10,14,17,19-21,23-25H2,(H,33,35);1H. The second kappa shape index (κ2) is 13.8. The van der Waals surface area contributed by atoms with Crippen LogP contribution in [0.25, 0.3) is 0 Å². The molecular weight excluding hydrogens is 444 g/mol. The Morgan fingerprint density at radius 1 is 0.861 bits per heavy atom. The van der Waals surface area contributed by atoms with Crippen molar-refractivity contribution in [3.05, 3.63) is 95.6 Å². The number of allylic oxidation sites excluding steroid dienone is 3. The van der Waals surface area contributed by atoms with Crippen LogP contribution in [0.2, 0.25) is 0 Å². The third-order valence-corrected chi connectivity index (χ3v) is 7.24. The van der Waals surface area contributed by atoms with E-state index in [2.05, 4.69) is 47.8 Å². The highest BCUT2D eigenvalue weighted by Gasteiger charge is 2.33. The predicted octanol–water partition coefficient (Wildman–Crippen LogP) is 6.14. The molecule has 1 saturated carbocycles. The summed E-state index contributed by atoms with van der Waals surface area (Å²) in [6.07, 6.45) is 14.8. The number of carbonyl (C=O) groups is 2. The third kappa shape index (κ3) is 8.82. The number of hydrogen-bond acceptors (Lipinski definition) is 2. The molecule has 192 valence electrons. The molecule has 1 fully saturated rings. The summed E-state index contributed by atoms with van der Waals surface area (Å²) in [4.78, 5) is 27.5. The molecule has 0 bridgehead atoms. The summed E-state index contributed by atoms with van der Waals surface area (Å²) in [7, 11) is 0. The minimum Gasteiger partial charge on any atom is -0.352 e. The van der Waals surface area contributed by atoms with Crippen LogP contribution >= 0.6 is 0 Å². The van der Waals surface area contributed by atoms with Crippen molar-refractivity contribution in [3.8, 4) is 0 Å². The van der Waals surface area contributed by atoms with Gasteiger partial charge in [-0.05, 0) is 67.9 Å². The third-order valence-electron chi connectivity index (χ3n) is 7.24. The van der Waals surface area contributed by atoms with Gasteiger partial charge in [-0.1, -0.05) is 84.5 Å². The minimum absolute atomic E-state index is 0. The van der Waals surface area contributed by atoms with E-state index in [1.54, 1.807) is 0 Å². The van der Waals surface area contributed by atoms with E-state index in [0.717, 1.165) is 56.6 Å². The number of fused-ring (bicyclic) bond motifs is 1. The second-order valence-corrected chi connectivity index (χ2v) is 10.2. The van der Waals surface area contributed by atoms with E-state index in [-0.39, 0.29) is 13.2 Å². The lowest BCUT2D eigenvalue weighted by Crippen LogP contribution is -2.34. The van der Waals surface area contributed by atoms with Crippen molar-refractivity contribution >= 4 is 11.8 Å². The highest BCUT2D eigenvalue weighted by molar-refractivity contribution is 5.78. The Labute approximate surface area is 218 Å². The highest BCUT2D eigenvalue weighted by atomic mass is 16.2. The molecule has 0 spiro atoms. The van der Waals surface area contributed by atoms with Gasteiger partial charge in [-0.15, -0.1) is 0 Å². The van der Waals surface area contributed by atoms with Gasteiger partial charge in [-0.3, -0.25) is 9.59 Å². The first kappa shape index (κ1) is 25.9. The average Bonchev–Trinajstić information content (AvgIpc) is 3.66. The molecule has 0 saturated heterocycles. The number of unbranched alkanes of at least 4 members (excludes halogenated alkanes) is 2. The summed E-state index contributed by atoms with van der Waals surface area (Å²) in [6, 6.07) is 20.5. The van der Waals surface area contributed by atoms with Crippen molar-refractivity contribution in [2.24, 2.45) is 11.8 Å². The average molecular weight is 487 g/mol. The Morgan fingerprint density at radius 3 is 2.31 bits per heavy atom. The molecule has 0 heterocycles. The van der Waals surface area contributed by atoms with Crippen molar-refractivity contribution in [1.82, 2.24) is 10.2 Å². The van der Waals surface area contributed by atoms with Crippen LogP contribution in [0.1, 0.15) is 57.5 Å². The van der Waals surface area contributed by atoms with Crippen LogP contribution in [-0.2, 0) is 22.4 Å². The van der Waals surface area contributed by atoms with Gasteiger partial charge in [0.05, 0.1) is 6.42 Å². The van der Waals surface area contributed by atoms with E-state index in [1.165, 1.54) is 17.6 Å². The summed E-state index contributed by atoms with van der Waals surface area (Å²) in [5.41, 5.74) is 3.73. The minimum atomic E-state index is 0. The van der Waals surface area contributed by atoms with Gasteiger partial charge in [-0.25, -0.2) is 0 Å². The second-order valence-electron chi connectivity index (χ2n) is 10.2. The lowest BCUT2D eigenvalue weighted by molar-refractivity contribution is -0.130. The van der Waals surface area contributed by atoms with Gasteiger partial charge in [0, 0.05) is 27.5 Å². The number of benzene rings is 2. The lowest BCUT2D eigenvalue weighted by Gasteiger charge is -2.23. The van der Waals surface area contributed by atoms with Crippen LogP contribution in [0.3, 0.4) is 0 Å². The maximum Gasteiger partial charge on any atom is 0.226 e. The van der Waals surface area contributed by atoms with Gasteiger partial charge in [-0.2, -0.15) is 0 Å². The number of nitrogens with zero attached hydrogens (tertiary/aromatic N) is 1. The fraction of sp³-hybridized carbons (Fsp3) is 0.438. The molecular formula is C32H42N2O2. The number of amides is 2. The monoisotopic (exact) mass is 486 g/mol. The molecule has 0 radical (unpaired) electrons. The first-order valence-corrected chi connectivity index (χ1v) is 13.7. The molecule has 2 aromatic carbocycles. The molecule has 0 aromatic heterocycles. The number of carbonyl (C=O) groups excluding carboxylic acids is 2. The molecule has 36 heavy (non-hydrogen) atoms. The summed E-state index contributed by atoms with van der Waals surface area (Å²) in [5, 5.41) is 3.10. The molecule has 4 nitrogen and oxygen atoms in total. The Kier molecular flexibility index (Phi) is 9.96. The Balaban J connectivity index is 0.00000380. The van der Waals surface area contributed by atoms with Gasteiger partial charge < -0.3 is 10.2 Å². The van der Waals surface area contributed by atoms with Crippen LogP contribution in [0.5, 0.6) is 0 Å². The first-order chi connectivity index (χ1) is 17.7. The fourth-order valence-corrected chi connectivity index (χ4v) is 4.95. The zero-order valence-electron chi connectivity index (χ0n) is 21.4. The maximum absolute atomic E-state index is 13.1. The smallest absolute Gasteiger partial charge is 0.226 e. The number of nitrogens with one attached hydrogen (secondary N) is 1. The van der Waals surface area contributed by atoms with Crippen molar-refractivity contribution in [2.75, 3.05) is 19.6 Å². The van der Waals surface area contributed by atoms with Crippen LogP contribution < -0.4 is 5.32 Å². The van der Waals surface area contributed by atoms with Crippen molar-refractivity contribution in [3.63, 3.8) is 0 Å². The number of hydrogen-bond donors (Lipinski definition) is 1. The van der Waals surface area contributed by atoms with E-state index in [4.69, 9.17) is 0 Å². The molecule has 0 aliphatic heterocycles. The molecule has 2 unspecified atom stereocenters. The van der Waals surface area contributed by atoms with Crippen LogP contribution in [0.15, 0.2) is 84.5 Å². The Bertz CT molecular complexity index is 1040. The number of aryl methyl sites for hydroxylation is 1. The summed E-state index contributed by atoms with van der Waals surface area (Å²) >= 11 is 0. The normalized spacial score (nSPS) is 18.1. The van der Waals surface area contributed by atoms with Crippen molar-refractivity contribution < 1.29 is 11.0 Å². The zero-order chi connectivity index (χ0) is 25.0. The van der Waals surface area contributed by atoms with Crippen molar-refractivity contribution in [1.29, 1.82) is 0 Å². The van der Waals surface area contributed by atoms with Gasteiger partial charge in [0.2, 0.25) is 11.8 Å². The molecule has 2 aromatic rings. The van der Waals surface area contributed by atoms with Gasteiger partial charge in [0.25, 0.3) is 0 Å². The molecule has 2 atom stereocenters.